The predicted octanol–water partition coefficient (Wildman–Crippen LogP) is 2.53. The number of aryl methyl sites for hydroxylation is 2. The minimum Gasteiger partial charge on any atom is -0.457 e. The first-order valence-corrected chi connectivity index (χ1v) is 9.58. The molecule has 2 aromatic rings. The minimum atomic E-state index is -0.458. The standard InChI is InChI=1S/C20H21N3O4/c24-18-9-15(10-23(18)16-7-6-12-2-1-3-14(12)8-16)20(25)26-11-17-21-19(27-22-17)13-4-5-13/h6-8,13,15H,1-5,9-11H2. The first kappa shape index (κ1) is 16.5. The van der Waals surface area contributed by atoms with E-state index in [1.165, 1.54) is 17.5 Å². The topological polar surface area (TPSA) is 85.5 Å². The summed E-state index contributed by atoms with van der Waals surface area (Å²) >= 11 is 0. The molecule has 140 valence electrons. The fraction of sp³-hybridized carbons (Fsp3) is 0.500. The first-order valence-electron chi connectivity index (χ1n) is 9.58. The molecular formula is C20H21N3O4. The van der Waals surface area contributed by atoms with Crippen LogP contribution in [-0.2, 0) is 33.8 Å². The fourth-order valence-electron chi connectivity index (χ4n) is 3.92. The van der Waals surface area contributed by atoms with Gasteiger partial charge in [-0.3, -0.25) is 9.59 Å². The van der Waals surface area contributed by atoms with Gasteiger partial charge in [-0.05, 0) is 55.4 Å². The molecule has 0 N–H and O–H groups in total. The zero-order chi connectivity index (χ0) is 18.4. The molecule has 2 heterocycles. The minimum absolute atomic E-state index is 0.0153. The smallest absolute Gasteiger partial charge is 0.311 e. The van der Waals surface area contributed by atoms with Crippen molar-refractivity contribution in [3.63, 3.8) is 0 Å². The average Bonchev–Trinajstić information content (AvgIpc) is 3.08. The van der Waals surface area contributed by atoms with Crippen LogP contribution in [0.3, 0.4) is 0 Å². The van der Waals surface area contributed by atoms with Gasteiger partial charge in [0.1, 0.15) is 0 Å². The number of hydrogen-bond acceptors (Lipinski definition) is 6. The average molecular weight is 367 g/mol. The number of carbonyl (C=O) groups is 2. The first-order chi connectivity index (χ1) is 13.2. The summed E-state index contributed by atoms with van der Waals surface area (Å²) in [6, 6.07) is 6.17. The van der Waals surface area contributed by atoms with E-state index in [1.54, 1.807) is 4.90 Å². The maximum Gasteiger partial charge on any atom is 0.311 e. The van der Waals surface area contributed by atoms with E-state index in [0.717, 1.165) is 31.4 Å². The second-order valence-electron chi connectivity index (χ2n) is 7.64. The summed E-state index contributed by atoms with van der Waals surface area (Å²) in [5, 5.41) is 3.85. The van der Waals surface area contributed by atoms with Crippen molar-refractivity contribution in [1.82, 2.24) is 10.1 Å². The number of amides is 1. The largest absolute Gasteiger partial charge is 0.457 e. The number of anilines is 1. The Morgan fingerprint density at radius 1 is 1.26 bits per heavy atom. The number of esters is 1. The Kier molecular flexibility index (Phi) is 3.95. The zero-order valence-corrected chi connectivity index (χ0v) is 15.0. The fourth-order valence-corrected chi connectivity index (χ4v) is 3.92. The molecule has 1 saturated heterocycles. The number of benzene rings is 1. The monoisotopic (exact) mass is 367 g/mol. The number of rotatable bonds is 5. The van der Waals surface area contributed by atoms with Gasteiger partial charge < -0.3 is 14.2 Å². The van der Waals surface area contributed by atoms with Crippen LogP contribution in [0.2, 0.25) is 0 Å². The summed E-state index contributed by atoms with van der Waals surface area (Å²) in [4.78, 5) is 30.8. The third-order valence-electron chi connectivity index (χ3n) is 5.61. The van der Waals surface area contributed by atoms with Gasteiger partial charge in [0.05, 0.1) is 5.92 Å². The van der Waals surface area contributed by atoms with Crippen molar-refractivity contribution >= 4 is 17.6 Å². The van der Waals surface area contributed by atoms with Crippen LogP contribution < -0.4 is 4.90 Å². The molecule has 1 aromatic carbocycles. The molecule has 1 amide bonds. The Labute approximate surface area is 156 Å². The van der Waals surface area contributed by atoms with E-state index in [0.29, 0.717) is 24.2 Å². The molecule has 27 heavy (non-hydrogen) atoms. The van der Waals surface area contributed by atoms with Gasteiger partial charge in [0.15, 0.2) is 6.61 Å². The number of fused-ring (bicyclic) bond motifs is 1. The number of hydrogen-bond donors (Lipinski definition) is 0. The third kappa shape index (κ3) is 3.22. The van der Waals surface area contributed by atoms with Crippen LogP contribution in [0.5, 0.6) is 0 Å². The molecule has 3 aliphatic rings. The molecule has 5 rings (SSSR count). The lowest BCUT2D eigenvalue weighted by atomic mass is 10.1. The number of carbonyl (C=O) groups excluding carboxylic acids is 2. The van der Waals surface area contributed by atoms with E-state index in [4.69, 9.17) is 9.26 Å². The molecule has 0 bridgehead atoms. The number of ether oxygens (including phenoxy) is 1. The summed E-state index contributed by atoms with van der Waals surface area (Å²) in [7, 11) is 0. The van der Waals surface area contributed by atoms with E-state index in [9.17, 15) is 9.59 Å². The molecule has 0 radical (unpaired) electrons. The molecule has 1 atom stereocenters. The molecule has 1 unspecified atom stereocenters. The Morgan fingerprint density at radius 3 is 2.96 bits per heavy atom. The van der Waals surface area contributed by atoms with Crippen molar-refractivity contribution in [2.75, 3.05) is 11.4 Å². The van der Waals surface area contributed by atoms with Crippen LogP contribution in [0.25, 0.3) is 0 Å². The molecular weight excluding hydrogens is 346 g/mol. The van der Waals surface area contributed by atoms with E-state index < -0.39 is 5.92 Å². The second-order valence-corrected chi connectivity index (χ2v) is 7.64. The molecule has 1 saturated carbocycles. The normalized spacial score (nSPS) is 21.6. The van der Waals surface area contributed by atoms with Gasteiger partial charge in [0.25, 0.3) is 0 Å². The predicted molar refractivity (Wildman–Crippen MR) is 95.0 cm³/mol. The highest BCUT2D eigenvalue weighted by Crippen LogP contribution is 2.38. The molecule has 1 aromatic heterocycles. The second kappa shape index (κ2) is 6.48. The van der Waals surface area contributed by atoms with Crippen molar-refractivity contribution in [2.45, 2.75) is 51.0 Å². The van der Waals surface area contributed by atoms with Crippen molar-refractivity contribution < 1.29 is 18.8 Å². The maximum atomic E-state index is 12.4. The van der Waals surface area contributed by atoms with Gasteiger partial charge in [-0.25, -0.2) is 0 Å². The van der Waals surface area contributed by atoms with Crippen molar-refractivity contribution in [3.8, 4) is 0 Å². The van der Waals surface area contributed by atoms with Crippen molar-refractivity contribution in [2.24, 2.45) is 5.92 Å². The Morgan fingerprint density at radius 2 is 2.11 bits per heavy atom. The molecule has 7 nitrogen and oxygen atoms in total. The van der Waals surface area contributed by atoms with Crippen LogP contribution in [0.1, 0.15) is 54.4 Å². The van der Waals surface area contributed by atoms with Crippen LogP contribution in [-0.4, -0.2) is 28.6 Å². The highest BCUT2D eigenvalue weighted by atomic mass is 16.5. The van der Waals surface area contributed by atoms with Gasteiger partial charge >= 0.3 is 5.97 Å². The maximum absolute atomic E-state index is 12.4. The molecule has 1 aliphatic heterocycles. The van der Waals surface area contributed by atoms with E-state index >= 15 is 0 Å². The summed E-state index contributed by atoms with van der Waals surface area (Å²) in [5.74, 6) is 0.496. The lowest BCUT2D eigenvalue weighted by molar-refractivity contribution is -0.149. The van der Waals surface area contributed by atoms with E-state index in [2.05, 4.69) is 22.3 Å². The van der Waals surface area contributed by atoms with Gasteiger partial charge in [-0.1, -0.05) is 11.2 Å². The summed E-state index contributed by atoms with van der Waals surface area (Å²) < 4.78 is 10.5. The summed E-state index contributed by atoms with van der Waals surface area (Å²) in [6.45, 7) is 0.342. The summed E-state index contributed by atoms with van der Waals surface area (Å²) in [6.07, 6.45) is 5.66. The van der Waals surface area contributed by atoms with Crippen LogP contribution in [0.4, 0.5) is 5.69 Å². The number of nitrogens with zero attached hydrogens (tertiary/aromatic N) is 3. The van der Waals surface area contributed by atoms with Gasteiger partial charge in [-0.15, -0.1) is 0 Å². The highest BCUT2D eigenvalue weighted by Gasteiger charge is 2.37. The molecule has 2 fully saturated rings. The van der Waals surface area contributed by atoms with Crippen LogP contribution in [0.15, 0.2) is 22.7 Å². The Balaban J connectivity index is 1.21. The molecule has 2 aliphatic carbocycles. The van der Waals surface area contributed by atoms with Crippen molar-refractivity contribution in [3.05, 3.63) is 41.0 Å². The lowest BCUT2D eigenvalue weighted by Crippen LogP contribution is -2.26. The Bertz CT molecular complexity index is 902. The highest BCUT2D eigenvalue weighted by molar-refractivity contribution is 5.99. The third-order valence-corrected chi connectivity index (χ3v) is 5.61. The summed E-state index contributed by atoms with van der Waals surface area (Å²) in [5.41, 5.74) is 3.56. The van der Waals surface area contributed by atoms with Gasteiger partial charge in [-0.2, -0.15) is 4.98 Å². The quantitative estimate of drug-likeness (QED) is 0.755. The zero-order valence-electron chi connectivity index (χ0n) is 15.0. The number of aromatic nitrogens is 2. The Hall–Kier alpha value is -2.70. The molecule has 7 heteroatoms. The van der Waals surface area contributed by atoms with Crippen LogP contribution >= 0.6 is 0 Å². The SMILES string of the molecule is O=C(OCc1noc(C2CC2)n1)C1CC(=O)N(c2ccc3c(c2)CCC3)C1. The van der Waals surface area contributed by atoms with Gasteiger partial charge in [0, 0.05) is 24.6 Å². The van der Waals surface area contributed by atoms with E-state index in [-0.39, 0.29) is 24.9 Å². The molecule has 0 spiro atoms. The van der Waals surface area contributed by atoms with Crippen LogP contribution in [0, 0.1) is 5.92 Å². The lowest BCUT2D eigenvalue weighted by Gasteiger charge is -2.17. The van der Waals surface area contributed by atoms with Crippen molar-refractivity contribution in [1.29, 1.82) is 0 Å². The van der Waals surface area contributed by atoms with E-state index in [1.807, 2.05) is 6.07 Å². The van der Waals surface area contributed by atoms with Gasteiger partial charge in [0.2, 0.25) is 17.6 Å².